The lowest BCUT2D eigenvalue weighted by molar-refractivity contribution is 0.295. The van der Waals surface area contributed by atoms with Crippen LogP contribution in [0.15, 0.2) is 28.7 Å². The average molecular weight is 316 g/mol. The van der Waals surface area contributed by atoms with Crippen LogP contribution in [0.1, 0.15) is 11.4 Å². The van der Waals surface area contributed by atoms with E-state index in [1.54, 1.807) is 0 Å². The van der Waals surface area contributed by atoms with Crippen molar-refractivity contribution in [2.75, 3.05) is 0 Å². The van der Waals surface area contributed by atoms with Crippen molar-refractivity contribution >= 4 is 27.5 Å². The van der Waals surface area contributed by atoms with Crippen LogP contribution in [0.25, 0.3) is 0 Å². The van der Waals surface area contributed by atoms with Gasteiger partial charge in [-0.2, -0.15) is 5.10 Å². The molecule has 0 aliphatic rings. The van der Waals surface area contributed by atoms with E-state index in [2.05, 4.69) is 21.0 Å². The van der Waals surface area contributed by atoms with E-state index >= 15 is 0 Å². The molecule has 5 heteroatoms. The molecule has 3 nitrogen and oxygen atoms in total. The molecule has 0 aliphatic carbocycles. The first-order chi connectivity index (χ1) is 8.06. The minimum absolute atomic E-state index is 0.457. The monoisotopic (exact) mass is 314 g/mol. The van der Waals surface area contributed by atoms with Crippen LogP contribution in [-0.4, -0.2) is 9.78 Å². The summed E-state index contributed by atoms with van der Waals surface area (Å²) >= 11 is 9.42. The Bertz CT molecular complexity index is 539. The Morgan fingerprint density at radius 1 is 1.41 bits per heavy atom. The second-order valence-corrected chi connectivity index (χ2v) is 5.09. The average Bonchev–Trinajstić information content (AvgIpc) is 2.56. The second-order valence-electron chi connectivity index (χ2n) is 3.76. The molecule has 0 saturated heterocycles. The first kappa shape index (κ1) is 12.5. The fourth-order valence-corrected chi connectivity index (χ4v) is 2.27. The minimum atomic E-state index is 0.457. The number of ether oxygens (including phenoxy) is 1. The molecule has 0 spiro atoms. The summed E-state index contributed by atoms with van der Waals surface area (Å²) in [6.45, 7) is 2.41. The van der Waals surface area contributed by atoms with Crippen LogP contribution in [-0.2, 0) is 13.7 Å². The number of halogens is 2. The smallest absolute Gasteiger partial charge is 0.138 e. The number of hydrogen-bond acceptors (Lipinski definition) is 2. The molecule has 0 saturated carbocycles. The molecule has 0 radical (unpaired) electrons. The van der Waals surface area contributed by atoms with Gasteiger partial charge in [-0.3, -0.25) is 4.68 Å². The van der Waals surface area contributed by atoms with Gasteiger partial charge in [0.1, 0.15) is 12.4 Å². The standard InChI is InChI=1S/C12H12BrClN2O/c1-8-5-10(16(2)15-8)7-17-12-4-3-9(13)6-11(12)14/h3-6H,7H2,1-2H3. The molecule has 0 aliphatic heterocycles. The summed E-state index contributed by atoms with van der Waals surface area (Å²) in [4.78, 5) is 0. The molecule has 0 amide bonds. The van der Waals surface area contributed by atoms with E-state index in [4.69, 9.17) is 16.3 Å². The van der Waals surface area contributed by atoms with E-state index in [0.717, 1.165) is 15.9 Å². The van der Waals surface area contributed by atoms with Gasteiger partial charge < -0.3 is 4.74 Å². The molecule has 0 unspecified atom stereocenters. The fourth-order valence-electron chi connectivity index (χ4n) is 1.54. The van der Waals surface area contributed by atoms with Crippen LogP contribution in [0.4, 0.5) is 0 Å². The van der Waals surface area contributed by atoms with Crippen molar-refractivity contribution in [2.45, 2.75) is 13.5 Å². The zero-order chi connectivity index (χ0) is 12.4. The van der Waals surface area contributed by atoms with Gasteiger partial charge in [0, 0.05) is 11.5 Å². The molecule has 2 rings (SSSR count). The van der Waals surface area contributed by atoms with Crippen molar-refractivity contribution in [2.24, 2.45) is 7.05 Å². The van der Waals surface area contributed by atoms with E-state index in [1.165, 1.54) is 0 Å². The lowest BCUT2D eigenvalue weighted by Gasteiger charge is -2.08. The number of rotatable bonds is 3. The lowest BCUT2D eigenvalue weighted by atomic mass is 10.3. The zero-order valence-corrected chi connectivity index (χ0v) is 11.9. The highest BCUT2D eigenvalue weighted by molar-refractivity contribution is 9.10. The van der Waals surface area contributed by atoms with Crippen LogP contribution < -0.4 is 4.74 Å². The van der Waals surface area contributed by atoms with Gasteiger partial charge in [0.2, 0.25) is 0 Å². The quantitative estimate of drug-likeness (QED) is 0.863. The molecule has 0 bridgehead atoms. The highest BCUT2D eigenvalue weighted by atomic mass is 79.9. The first-order valence-corrected chi connectivity index (χ1v) is 6.31. The molecule has 0 atom stereocenters. The zero-order valence-electron chi connectivity index (χ0n) is 9.58. The van der Waals surface area contributed by atoms with E-state index in [1.807, 2.05) is 42.9 Å². The Morgan fingerprint density at radius 3 is 2.76 bits per heavy atom. The van der Waals surface area contributed by atoms with Gasteiger partial charge in [0.25, 0.3) is 0 Å². The normalized spacial score (nSPS) is 10.6. The Hall–Kier alpha value is -1.00. The van der Waals surface area contributed by atoms with Crippen molar-refractivity contribution < 1.29 is 4.74 Å². The topological polar surface area (TPSA) is 27.1 Å². The molecule has 17 heavy (non-hydrogen) atoms. The summed E-state index contributed by atoms with van der Waals surface area (Å²) < 4.78 is 8.40. The van der Waals surface area contributed by atoms with Crippen molar-refractivity contribution in [3.05, 3.63) is 45.1 Å². The summed E-state index contributed by atoms with van der Waals surface area (Å²) in [6.07, 6.45) is 0. The molecule has 2 aromatic rings. The maximum atomic E-state index is 6.06. The van der Waals surface area contributed by atoms with Crippen LogP contribution >= 0.6 is 27.5 Å². The second kappa shape index (κ2) is 5.10. The van der Waals surface area contributed by atoms with Crippen molar-refractivity contribution in [1.29, 1.82) is 0 Å². The third kappa shape index (κ3) is 3.01. The molecule has 0 N–H and O–H groups in total. The summed E-state index contributed by atoms with van der Waals surface area (Å²) in [6, 6.07) is 7.55. The molecule has 1 heterocycles. The number of aryl methyl sites for hydroxylation is 2. The van der Waals surface area contributed by atoms with Gasteiger partial charge in [-0.1, -0.05) is 27.5 Å². The van der Waals surface area contributed by atoms with Gasteiger partial charge in [0.05, 0.1) is 16.4 Å². The predicted molar refractivity (Wildman–Crippen MR) is 71.4 cm³/mol. The maximum Gasteiger partial charge on any atom is 0.138 e. The lowest BCUT2D eigenvalue weighted by Crippen LogP contribution is -2.03. The number of nitrogens with zero attached hydrogens (tertiary/aromatic N) is 2. The van der Waals surface area contributed by atoms with E-state index in [9.17, 15) is 0 Å². The summed E-state index contributed by atoms with van der Waals surface area (Å²) in [5, 5.41) is 4.85. The third-order valence-corrected chi connectivity index (χ3v) is 3.16. The highest BCUT2D eigenvalue weighted by Crippen LogP contribution is 2.28. The fraction of sp³-hybridized carbons (Fsp3) is 0.250. The van der Waals surface area contributed by atoms with Crippen molar-refractivity contribution in [1.82, 2.24) is 9.78 Å². The molecular formula is C12H12BrClN2O. The van der Waals surface area contributed by atoms with Gasteiger partial charge >= 0.3 is 0 Å². The number of hydrogen-bond donors (Lipinski definition) is 0. The third-order valence-electron chi connectivity index (χ3n) is 2.37. The maximum absolute atomic E-state index is 6.06. The Labute approximate surface area is 113 Å². The summed E-state index contributed by atoms with van der Waals surface area (Å²) in [5.41, 5.74) is 1.99. The van der Waals surface area contributed by atoms with Crippen molar-refractivity contribution in [3.8, 4) is 5.75 Å². The molecule has 1 aromatic heterocycles. The first-order valence-electron chi connectivity index (χ1n) is 5.13. The Morgan fingerprint density at radius 2 is 2.18 bits per heavy atom. The van der Waals surface area contributed by atoms with Gasteiger partial charge in [-0.05, 0) is 31.2 Å². The Balaban J connectivity index is 2.10. The van der Waals surface area contributed by atoms with E-state index < -0.39 is 0 Å². The molecule has 1 aromatic carbocycles. The Kier molecular flexibility index (Phi) is 3.74. The van der Waals surface area contributed by atoms with Crippen LogP contribution in [0.3, 0.4) is 0 Å². The molecule has 90 valence electrons. The van der Waals surface area contributed by atoms with Gasteiger partial charge in [-0.25, -0.2) is 0 Å². The van der Waals surface area contributed by atoms with Gasteiger partial charge in [-0.15, -0.1) is 0 Å². The predicted octanol–water partition coefficient (Wildman–Crippen LogP) is 3.72. The molecular weight excluding hydrogens is 304 g/mol. The van der Waals surface area contributed by atoms with Gasteiger partial charge in [0.15, 0.2) is 0 Å². The molecule has 0 fully saturated rings. The van der Waals surface area contributed by atoms with Crippen LogP contribution in [0.5, 0.6) is 5.75 Å². The van der Waals surface area contributed by atoms with Crippen molar-refractivity contribution in [3.63, 3.8) is 0 Å². The number of benzene rings is 1. The highest BCUT2D eigenvalue weighted by Gasteiger charge is 2.05. The van der Waals surface area contributed by atoms with E-state index in [-0.39, 0.29) is 0 Å². The summed E-state index contributed by atoms with van der Waals surface area (Å²) in [7, 11) is 1.90. The van der Waals surface area contributed by atoms with Crippen LogP contribution in [0.2, 0.25) is 5.02 Å². The van der Waals surface area contributed by atoms with E-state index in [0.29, 0.717) is 17.4 Å². The SMILES string of the molecule is Cc1cc(COc2ccc(Br)cc2Cl)n(C)n1. The minimum Gasteiger partial charge on any atom is -0.486 e. The van der Waals surface area contributed by atoms with Crippen LogP contribution in [0, 0.1) is 6.92 Å². The largest absolute Gasteiger partial charge is 0.486 e. The summed E-state index contributed by atoms with van der Waals surface area (Å²) in [5.74, 6) is 0.675. The number of aromatic nitrogens is 2.